The van der Waals surface area contributed by atoms with Gasteiger partial charge < -0.3 is 5.11 Å². The zero-order valence-electron chi connectivity index (χ0n) is 11.4. The van der Waals surface area contributed by atoms with Crippen molar-refractivity contribution in [3.8, 4) is 0 Å². The molecule has 1 N–H and O–H groups in total. The predicted octanol–water partition coefficient (Wildman–Crippen LogP) is 1.38. The van der Waals surface area contributed by atoms with Crippen molar-refractivity contribution in [1.29, 1.82) is 0 Å². The summed E-state index contributed by atoms with van der Waals surface area (Å²) in [7, 11) is -7.15. The number of aliphatic hydroxyl groups is 1. The summed E-state index contributed by atoms with van der Waals surface area (Å²) in [6, 6.07) is 4.10. The van der Waals surface area contributed by atoms with Crippen molar-refractivity contribution >= 4 is 51.7 Å². The van der Waals surface area contributed by atoms with E-state index in [2.05, 4.69) is 31.9 Å². The summed E-state index contributed by atoms with van der Waals surface area (Å²) in [5.41, 5.74) is 0. The van der Waals surface area contributed by atoms with Gasteiger partial charge >= 0.3 is 0 Å². The zero-order chi connectivity index (χ0) is 16.5. The number of rotatable bonds is 5. The van der Waals surface area contributed by atoms with Crippen molar-refractivity contribution < 1.29 is 21.9 Å². The number of sulfonamides is 1. The largest absolute Gasteiger partial charge is 0.395 e. The molecule has 6 nitrogen and oxygen atoms in total. The topological polar surface area (TPSA) is 91.8 Å². The molecule has 1 aromatic carbocycles. The molecule has 0 unspecified atom stereocenters. The van der Waals surface area contributed by atoms with Crippen LogP contribution in [0.15, 0.2) is 32.0 Å². The highest BCUT2D eigenvalue weighted by Gasteiger charge is 2.39. The third kappa shape index (κ3) is 3.90. The van der Waals surface area contributed by atoms with E-state index in [0.29, 0.717) is 8.95 Å². The van der Waals surface area contributed by atoms with E-state index in [1.54, 1.807) is 12.1 Å². The van der Waals surface area contributed by atoms with Crippen molar-refractivity contribution in [2.24, 2.45) is 0 Å². The van der Waals surface area contributed by atoms with Crippen LogP contribution in [-0.4, -0.2) is 56.9 Å². The molecule has 1 atom stereocenters. The molecule has 22 heavy (non-hydrogen) atoms. The molecule has 1 aliphatic rings. The smallest absolute Gasteiger partial charge is 0.244 e. The van der Waals surface area contributed by atoms with E-state index in [9.17, 15) is 21.9 Å². The Kier molecular flexibility index (Phi) is 5.72. The number of nitrogens with zero attached hydrogens (tertiary/aromatic N) is 1. The first kappa shape index (κ1) is 18.3. The maximum absolute atomic E-state index is 12.9. The Morgan fingerprint density at radius 2 is 2.00 bits per heavy atom. The Bertz CT molecular complexity index is 764. The number of hydrogen-bond acceptors (Lipinski definition) is 5. The lowest BCUT2D eigenvalue weighted by Crippen LogP contribution is -2.42. The van der Waals surface area contributed by atoms with Gasteiger partial charge in [0.2, 0.25) is 10.0 Å². The molecule has 1 aliphatic heterocycles. The highest BCUT2D eigenvalue weighted by atomic mass is 79.9. The lowest BCUT2D eigenvalue weighted by Gasteiger charge is -2.27. The minimum absolute atomic E-state index is 0.0330. The van der Waals surface area contributed by atoms with E-state index in [1.807, 2.05) is 0 Å². The quantitative estimate of drug-likeness (QED) is 0.693. The highest BCUT2D eigenvalue weighted by molar-refractivity contribution is 9.11. The molecular formula is C12H15Br2NO5S2. The molecule has 0 aliphatic carbocycles. The summed E-state index contributed by atoms with van der Waals surface area (Å²) < 4.78 is 51.1. The maximum atomic E-state index is 12.9. The van der Waals surface area contributed by atoms with Crippen LogP contribution in [0, 0.1) is 0 Å². The average Bonchev–Trinajstić information content (AvgIpc) is 2.78. The van der Waals surface area contributed by atoms with Crippen molar-refractivity contribution in [1.82, 2.24) is 4.31 Å². The molecule has 0 amide bonds. The summed E-state index contributed by atoms with van der Waals surface area (Å²) >= 11 is 6.44. The Morgan fingerprint density at radius 1 is 1.32 bits per heavy atom. The summed E-state index contributed by atoms with van der Waals surface area (Å²) in [4.78, 5) is 0.0413. The van der Waals surface area contributed by atoms with E-state index < -0.39 is 25.9 Å². The van der Waals surface area contributed by atoms with Gasteiger partial charge in [-0.25, -0.2) is 16.8 Å². The second-order valence-electron chi connectivity index (χ2n) is 4.97. The summed E-state index contributed by atoms with van der Waals surface area (Å²) in [5.74, 6) is -0.243. The molecule has 0 spiro atoms. The number of halogens is 2. The average molecular weight is 477 g/mol. The van der Waals surface area contributed by atoms with Gasteiger partial charge in [0, 0.05) is 21.5 Å². The minimum Gasteiger partial charge on any atom is -0.395 e. The molecule has 2 rings (SSSR count). The number of aliphatic hydroxyl groups excluding tert-OH is 1. The van der Waals surface area contributed by atoms with Crippen molar-refractivity contribution in [3.63, 3.8) is 0 Å². The normalized spacial score (nSPS) is 21.4. The molecule has 10 heteroatoms. The summed E-state index contributed by atoms with van der Waals surface area (Å²) in [6.45, 7) is -0.511. The zero-order valence-corrected chi connectivity index (χ0v) is 16.2. The number of sulfone groups is 1. The third-order valence-corrected chi connectivity index (χ3v) is 8.61. The molecule has 1 saturated heterocycles. The van der Waals surface area contributed by atoms with Gasteiger partial charge in [0.1, 0.15) is 0 Å². The molecule has 0 saturated carbocycles. The fraction of sp³-hybridized carbons (Fsp3) is 0.500. The van der Waals surface area contributed by atoms with Crippen LogP contribution in [0.2, 0.25) is 0 Å². The molecule has 0 radical (unpaired) electrons. The van der Waals surface area contributed by atoms with Crippen LogP contribution >= 0.6 is 31.9 Å². The van der Waals surface area contributed by atoms with Crippen LogP contribution < -0.4 is 0 Å². The molecule has 1 fully saturated rings. The van der Waals surface area contributed by atoms with E-state index in [4.69, 9.17) is 0 Å². The summed E-state index contributed by atoms with van der Waals surface area (Å²) in [5, 5.41) is 9.18. The standard InChI is InChI=1S/C12H15Br2NO5S2/c13-9-1-2-11(14)12(7-9)22(19,20)15(4-5-16)10-3-6-21(17,18)8-10/h1-2,7,10,16H,3-6,8H2/t10-/m0/s1. The second kappa shape index (κ2) is 6.86. The molecule has 1 heterocycles. The first-order valence-electron chi connectivity index (χ1n) is 6.45. The van der Waals surface area contributed by atoms with Crippen molar-refractivity contribution in [3.05, 3.63) is 27.1 Å². The van der Waals surface area contributed by atoms with Crippen LogP contribution in [0.1, 0.15) is 6.42 Å². The Morgan fingerprint density at radius 3 is 2.55 bits per heavy atom. The first-order valence-corrected chi connectivity index (χ1v) is 11.3. The van der Waals surface area contributed by atoms with Crippen LogP contribution in [0.25, 0.3) is 0 Å². The van der Waals surface area contributed by atoms with Gasteiger partial charge in [0.15, 0.2) is 9.84 Å². The minimum atomic E-state index is -3.92. The Hall–Kier alpha value is -0.000000000000000111. The number of hydrogen-bond donors (Lipinski definition) is 1. The fourth-order valence-electron chi connectivity index (χ4n) is 2.40. The predicted molar refractivity (Wildman–Crippen MR) is 89.9 cm³/mol. The molecule has 124 valence electrons. The van der Waals surface area contributed by atoms with E-state index in [1.165, 1.54) is 6.07 Å². The fourth-order valence-corrected chi connectivity index (χ4v) is 7.34. The molecule has 1 aromatic rings. The van der Waals surface area contributed by atoms with E-state index in [-0.39, 0.29) is 36.0 Å². The lowest BCUT2D eigenvalue weighted by atomic mass is 10.3. The number of benzene rings is 1. The van der Waals surface area contributed by atoms with E-state index in [0.717, 1.165) is 4.31 Å². The maximum Gasteiger partial charge on any atom is 0.244 e. The highest BCUT2D eigenvalue weighted by Crippen LogP contribution is 2.31. The van der Waals surface area contributed by atoms with Gasteiger partial charge in [0.25, 0.3) is 0 Å². The lowest BCUT2D eigenvalue weighted by molar-refractivity contribution is 0.232. The van der Waals surface area contributed by atoms with Gasteiger partial charge in [-0.1, -0.05) is 15.9 Å². The summed E-state index contributed by atoms with van der Waals surface area (Å²) in [6.07, 6.45) is 0.243. The van der Waals surface area contributed by atoms with Gasteiger partial charge in [-0.2, -0.15) is 4.31 Å². The van der Waals surface area contributed by atoms with Gasteiger partial charge in [-0.3, -0.25) is 0 Å². The second-order valence-corrected chi connectivity index (χ2v) is 10.8. The van der Waals surface area contributed by atoms with Gasteiger partial charge in [-0.15, -0.1) is 0 Å². The van der Waals surface area contributed by atoms with Crippen LogP contribution in [0.5, 0.6) is 0 Å². The molecule has 0 bridgehead atoms. The van der Waals surface area contributed by atoms with Crippen molar-refractivity contribution in [2.45, 2.75) is 17.4 Å². The van der Waals surface area contributed by atoms with Crippen LogP contribution in [0.4, 0.5) is 0 Å². The molecule has 0 aromatic heterocycles. The van der Waals surface area contributed by atoms with Crippen LogP contribution in [-0.2, 0) is 19.9 Å². The van der Waals surface area contributed by atoms with Gasteiger partial charge in [-0.05, 0) is 40.5 Å². The Labute approximate surface area is 146 Å². The van der Waals surface area contributed by atoms with E-state index >= 15 is 0 Å². The third-order valence-electron chi connectivity index (χ3n) is 3.42. The Balaban J connectivity index is 2.45. The van der Waals surface area contributed by atoms with Crippen molar-refractivity contribution in [2.75, 3.05) is 24.7 Å². The monoisotopic (exact) mass is 475 g/mol. The first-order chi connectivity index (χ1) is 10.2. The van der Waals surface area contributed by atoms with Gasteiger partial charge in [0.05, 0.1) is 23.0 Å². The SMILES string of the molecule is O=S1(=O)CC[C@H](N(CCO)S(=O)(=O)c2cc(Br)ccc2Br)C1. The van der Waals surface area contributed by atoms with Crippen LogP contribution in [0.3, 0.4) is 0 Å². The molecular weight excluding hydrogens is 462 g/mol.